The normalized spacial score (nSPS) is 24.9. The summed E-state index contributed by atoms with van der Waals surface area (Å²) in [6.45, 7) is 3.25. The predicted molar refractivity (Wildman–Crippen MR) is 79.2 cm³/mol. The molecule has 2 amide bonds. The number of thioether (sulfide) groups is 1. The lowest BCUT2D eigenvalue weighted by molar-refractivity contribution is -0.135. The zero-order valence-corrected chi connectivity index (χ0v) is 12.3. The van der Waals surface area contributed by atoms with Crippen LogP contribution in [0.5, 0.6) is 0 Å². The van der Waals surface area contributed by atoms with Crippen molar-refractivity contribution in [2.75, 3.05) is 12.3 Å². The van der Waals surface area contributed by atoms with Crippen LogP contribution < -0.4 is 5.32 Å². The summed E-state index contributed by atoms with van der Waals surface area (Å²) in [6, 6.07) is 8.12. The van der Waals surface area contributed by atoms with E-state index < -0.39 is 4.87 Å². The summed E-state index contributed by atoms with van der Waals surface area (Å²) in [6.07, 6.45) is 1.13. The van der Waals surface area contributed by atoms with Crippen molar-refractivity contribution in [1.29, 1.82) is 0 Å². The molecule has 0 aliphatic carbocycles. The Morgan fingerprint density at radius 2 is 2.15 bits per heavy atom. The highest BCUT2D eigenvalue weighted by Gasteiger charge is 2.54. The van der Waals surface area contributed by atoms with E-state index in [0.29, 0.717) is 25.9 Å². The van der Waals surface area contributed by atoms with E-state index in [4.69, 9.17) is 0 Å². The van der Waals surface area contributed by atoms with Gasteiger partial charge in [0.1, 0.15) is 0 Å². The second-order valence-electron chi connectivity index (χ2n) is 5.35. The average Bonchev–Trinajstić information content (AvgIpc) is 3.00. The lowest BCUT2D eigenvalue weighted by atomic mass is 10.1. The second kappa shape index (κ2) is 5.13. The minimum absolute atomic E-state index is 0.0218. The number of fused-ring (bicyclic) bond motifs is 1. The van der Waals surface area contributed by atoms with Gasteiger partial charge in [0, 0.05) is 25.3 Å². The molecule has 5 heteroatoms. The number of hydrogen-bond donors (Lipinski definition) is 1. The molecule has 0 spiro atoms. The van der Waals surface area contributed by atoms with Crippen molar-refractivity contribution in [3.8, 4) is 0 Å². The quantitative estimate of drug-likeness (QED) is 0.921. The summed E-state index contributed by atoms with van der Waals surface area (Å²) in [5, 5.41) is 2.99. The molecule has 1 aromatic rings. The lowest BCUT2D eigenvalue weighted by Crippen LogP contribution is -2.50. The van der Waals surface area contributed by atoms with Crippen molar-refractivity contribution in [3.63, 3.8) is 0 Å². The molecule has 0 aromatic heterocycles. The van der Waals surface area contributed by atoms with Crippen molar-refractivity contribution in [1.82, 2.24) is 10.2 Å². The van der Waals surface area contributed by atoms with Crippen molar-refractivity contribution in [3.05, 3.63) is 35.4 Å². The van der Waals surface area contributed by atoms with Gasteiger partial charge in [-0.3, -0.25) is 9.59 Å². The van der Waals surface area contributed by atoms with E-state index in [1.807, 2.05) is 31.2 Å². The third-order valence-electron chi connectivity index (χ3n) is 4.00. The van der Waals surface area contributed by atoms with Gasteiger partial charge in [-0.15, -0.1) is 11.8 Å². The fraction of sp³-hybridized carbons (Fsp3) is 0.467. The summed E-state index contributed by atoms with van der Waals surface area (Å²) in [7, 11) is 0. The van der Waals surface area contributed by atoms with Crippen LogP contribution in [-0.4, -0.2) is 33.9 Å². The van der Waals surface area contributed by atoms with Gasteiger partial charge in [-0.25, -0.2) is 0 Å². The van der Waals surface area contributed by atoms with Crippen molar-refractivity contribution in [2.24, 2.45) is 0 Å². The molecule has 1 aromatic carbocycles. The first-order valence-corrected chi connectivity index (χ1v) is 7.89. The van der Waals surface area contributed by atoms with Gasteiger partial charge in [0.2, 0.25) is 5.91 Å². The number of carbonyl (C=O) groups excluding carboxylic acids is 2. The molecule has 2 aliphatic heterocycles. The van der Waals surface area contributed by atoms with Gasteiger partial charge in [0.25, 0.3) is 5.91 Å². The lowest BCUT2D eigenvalue weighted by Gasteiger charge is -2.29. The summed E-state index contributed by atoms with van der Waals surface area (Å²) in [5.41, 5.74) is 2.29. The highest BCUT2D eigenvalue weighted by atomic mass is 32.2. The van der Waals surface area contributed by atoms with Crippen LogP contribution in [0.4, 0.5) is 0 Å². The summed E-state index contributed by atoms with van der Waals surface area (Å²) < 4.78 is 0. The van der Waals surface area contributed by atoms with Crippen LogP contribution in [0.3, 0.4) is 0 Å². The Balaban J connectivity index is 1.67. The number of amides is 2. The first-order valence-electron chi connectivity index (χ1n) is 6.90. The van der Waals surface area contributed by atoms with Crippen LogP contribution in [0.2, 0.25) is 0 Å². The summed E-state index contributed by atoms with van der Waals surface area (Å²) >= 11 is 1.60. The zero-order valence-electron chi connectivity index (χ0n) is 11.5. The summed E-state index contributed by atoms with van der Waals surface area (Å²) in [4.78, 5) is 25.4. The van der Waals surface area contributed by atoms with Gasteiger partial charge >= 0.3 is 0 Å². The zero-order chi connectivity index (χ0) is 14.2. The van der Waals surface area contributed by atoms with Crippen LogP contribution in [0.15, 0.2) is 24.3 Å². The number of benzene rings is 1. The molecule has 2 heterocycles. The predicted octanol–water partition coefficient (Wildman–Crippen LogP) is 1.68. The van der Waals surface area contributed by atoms with Gasteiger partial charge in [0.15, 0.2) is 4.87 Å². The second-order valence-corrected chi connectivity index (χ2v) is 6.72. The number of nitrogens with zero attached hydrogens (tertiary/aromatic N) is 1. The number of aryl methyl sites for hydroxylation is 1. The third kappa shape index (κ3) is 2.20. The minimum Gasteiger partial charge on any atom is -0.349 e. The number of hydrogen-bond acceptors (Lipinski definition) is 3. The largest absolute Gasteiger partial charge is 0.349 e. The summed E-state index contributed by atoms with van der Waals surface area (Å²) in [5.74, 6) is 0.941. The molecular formula is C15H18N2O2S. The molecule has 1 N–H and O–H groups in total. The molecule has 2 aliphatic rings. The van der Waals surface area contributed by atoms with E-state index in [-0.39, 0.29) is 11.8 Å². The number of rotatable bonds is 3. The fourth-order valence-electron chi connectivity index (χ4n) is 2.84. The van der Waals surface area contributed by atoms with Crippen molar-refractivity contribution < 1.29 is 9.59 Å². The van der Waals surface area contributed by atoms with Gasteiger partial charge in [0.05, 0.1) is 0 Å². The molecule has 3 rings (SSSR count). The van der Waals surface area contributed by atoms with Crippen LogP contribution >= 0.6 is 11.8 Å². The van der Waals surface area contributed by atoms with E-state index in [2.05, 4.69) is 5.32 Å². The molecule has 20 heavy (non-hydrogen) atoms. The van der Waals surface area contributed by atoms with Gasteiger partial charge < -0.3 is 10.2 Å². The minimum atomic E-state index is -0.637. The Labute approximate surface area is 122 Å². The number of nitrogens with one attached hydrogen (secondary N) is 1. The molecule has 0 radical (unpaired) electrons. The van der Waals surface area contributed by atoms with E-state index in [1.165, 1.54) is 5.56 Å². The molecular weight excluding hydrogens is 272 g/mol. The Hall–Kier alpha value is -1.49. The molecule has 106 valence electrons. The van der Waals surface area contributed by atoms with Crippen LogP contribution in [0.1, 0.15) is 24.0 Å². The Kier molecular flexibility index (Phi) is 3.46. The molecule has 0 saturated carbocycles. The standard InChI is InChI=1S/C15H18N2O2S/c1-11-2-4-12(5-3-11)10-16-14(19)15-7-6-13(18)17(15)8-9-20-15/h2-5H,6-10H2,1H3,(H,16,19)/t15-/m1/s1. The first kappa shape index (κ1) is 13.5. The van der Waals surface area contributed by atoms with Crippen LogP contribution in [0, 0.1) is 6.92 Å². The van der Waals surface area contributed by atoms with E-state index in [9.17, 15) is 9.59 Å². The maximum absolute atomic E-state index is 12.5. The highest BCUT2D eigenvalue weighted by molar-refractivity contribution is 8.01. The van der Waals surface area contributed by atoms with Crippen molar-refractivity contribution in [2.45, 2.75) is 31.2 Å². The molecule has 2 saturated heterocycles. The average molecular weight is 290 g/mol. The Morgan fingerprint density at radius 1 is 1.40 bits per heavy atom. The van der Waals surface area contributed by atoms with E-state index >= 15 is 0 Å². The van der Waals surface area contributed by atoms with Gasteiger partial charge in [-0.1, -0.05) is 29.8 Å². The van der Waals surface area contributed by atoms with E-state index in [0.717, 1.165) is 11.3 Å². The highest BCUT2D eigenvalue weighted by Crippen LogP contribution is 2.44. The maximum atomic E-state index is 12.5. The molecule has 2 fully saturated rings. The van der Waals surface area contributed by atoms with Crippen molar-refractivity contribution >= 4 is 23.6 Å². The fourth-order valence-corrected chi connectivity index (χ4v) is 4.25. The SMILES string of the molecule is Cc1ccc(CNC(=O)[C@]23CCC(=O)N2CCS3)cc1. The molecule has 0 bridgehead atoms. The third-order valence-corrected chi connectivity index (χ3v) is 5.47. The molecule has 1 atom stereocenters. The van der Waals surface area contributed by atoms with Crippen LogP contribution in [-0.2, 0) is 16.1 Å². The van der Waals surface area contributed by atoms with E-state index in [1.54, 1.807) is 16.7 Å². The topological polar surface area (TPSA) is 49.4 Å². The maximum Gasteiger partial charge on any atom is 0.256 e. The van der Waals surface area contributed by atoms with Gasteiger partial charge in [-0.05, 0) is 18.9 Å². The molecule has 4 nitrogen and oxygen atoms in total. The Morgan fingerprint density at radius 3 is 2.90 bits per heavy atom. The first-order chi connectivity index (χ1) is 9.62. The smallest absolute Gasteiger partial charge is 0.256 e. The number of carbonyl (C=O) groups is 2. The van der Waals surface area contributed by atoms with Gasteiger partial charge in [-0.2, -0.15) is 0 Å². The molecule has 0 unspecified atom stereocenters. The van der Waals surface area contributed by atoms with Crippen LogP contribution in [0.25, 0.3) is 0 Å². The Bertz CT molecular complexity index is 543. The monoisotopic (exact) mass is 290 g/mol.